The number of nitrogens with one attached hydrogen (secondary N) is 1. The molecular weight excluding hydrogens is 476 g/mol. The molecule has 5 aliphatic rings. The second-order valence-corrected chi connectivity index (χ2v) is 11.6. The molecule has 2 aromatic rings. The van der Waals surface area contributed by atoms with Crippen LogP contribution in [0.1, 0.15) is 55.1 Å². The molecule has 9 heteroatoms. The maximum absolute atomic E-state index is 13.2. The van der Waals surface area contributed by atoms with E-state index in [1.165, 1.54) is 0 Å². The van der Waals surface area contributed by atoms with Gasteiger partial charge in [-0.2, -0.15) is 5.26 Å². The molecule has 188 valence electrons. The summed E-state index contributed by atoms with van der Waals surface area (Å²) in [6.07, 6.45) is 6.38. The van der Waals surface area contributed by atoms with Crippen LogP contribution in [0.4, 0.5) is 11.6 Å². The Morgan fingerprint density at radius 3 is 2.67 bits per heavy atom. The molecule has 0 spiro atoms. The first-order valence-electron chi connectivity index (χ1n) is 12.9. The fourth-order valence-corrected chi connectivity index (χ4v) is 7.66. The van der Waals surface area contributed by atoms with Gasteiger partial charge in [-0.3, -0.25) is 4.79 Å². The number of aromatic nitrogens is 2. The van der Waals surface area contributed by atoms with E-state index in [0.717, 1.165) is 50.9 Å². The third-order valence-electron chi connectivity index (χ3n) is 8.72. The van der Waals surface area contributed by atoms with Gasteiger partial charge >= 0.3 is 0 Å². The number of carbonyl (C=O) groups excluding carboxylic acids is 1. The van der Waals surface area contributed by atoms with Crippen molar-refractivity contribution in [3.05, 3.63) is 46.7 Å². The smallest absolute Gasteiger partial charge is 0.270 e. The molecule has 4 aliphatic carbocycles. The highest BCUT2D eigenvalue weighted by Gasteiger charge is 2.55. The molecule has 1 aromatic carbocycles. The van der Waals surface area contributed by atoms with Crippen molar-refractivity contribution in [1.29, 1.82) is 5.26 Å². The normalized spacial score (nSPS) is 32.9. The summed E-state index contributed by atoms with van der Waals surface area (Å²) in [4.78, 5) is 26.7. The van der Waals surface area contributed by atoms with E-state index < -0.39 is 5.60 Å². The summed E-state index contributed by atoms with van der Waals surface area (Å²) in [6, 6.07) is 9.40. The molecule has 2 unspecified atom stereocenters. The molecule has 1 saturated heterocycles. The number of aliphatic hydroxyl groups is 1. The van der Waals surface area contributed by atoms with E-state index in [9.17, 15) is 9.90 Å². The molecule has 1 aromatic heterocycles. The highest BCUT2D eigenvalue weighted by atomic mass is 35.5. The number of anilines is 2. The number of piperazine rings is 1. The average Bonchev–Trinajstić information content (AvgIpc) is 2.85. The fourth-order valence-electron chi connectivity index (χ4n) is 7.36. The second kappa shape index (κ2) is 8.89. The van der Waals surface area contributed by atoms with Crippen molar-refractivity contribution in [2.24, 2.45) is 17.8 Å². The van der Waals surface area contributed by atoms with Gasteiger partial charge in [0.25, 0.3) is 5.91 Å². The molecule has 3 atom stereocenters. The molecule has 2 N–H and O–H groups in total. The number of hydrogen-bond donors (Lipinski definition) is 2. The minimum atomic E-state index is -0.514. The summed E-state index contributed by atoms with van der Waals surface area (Å²) in [7, 11) is 0. The molecule has 0 radical (unpaired) electrons. The molecular formula is C27H31ClN6O2. The highest BCUT2D eigenvalue weighted by molar-refractivity contribution is 6.33. The van der Waals surface area contributed by atoms with E-state index >= 15 is 0 Å². The minimum absolute atomic E-state index is 0.106. The van der Waals surface area contributed by atoms with Gasteiger partial charge in [0.1, 0.15) is 5.69 Å². The lowest BCUT2D eigenvalue weighted by Crippen LogP contribution is -2.61. The Labute approximate surface area is 216 Å². The molecule has 1 amide bonds. The predicted molar refractivity (Wildman–Crippen MR) is 137 cm³/mol. The van der Waals surface area contributed by atoms with Gasteiger partial charge in [-0.1, -0.05) is 11.6 Å². The van der Waals surface area contributed by atoms with Crippen molar-refractivity contribution in [3.63, 3.8) is 0 Å². The Kier molecular flexibility index (Phi) is 5.81. The lowest BCUT2D eigenvalue weighted by atomic mass is 9.52. The fraction of sp³-hybridized carbons (Fsp3) is 0.556. The Morgan fingerprint density at radius 2 is 2.00 bits per heavy atom. The maximum Gasteiger partial charge on any atom is 0.270 e. The van der Waals surface area contributed by atoms with E-state index in [2.05, 4.69) is 38.1 Å². The average molecular weight is 507 g/mol. The first-order chi connectivity index (χ1) is 17.3. The summed E-state index contributed by atoms with van der Waals surface area (Å²) >= 11 is 6.44. The van der Waals surface area contributed by atoms with Gasteiger partial charge in [0.15, 0.2) is 0 Å². The Morgan fingerprint density at radius 1 is 1.22 bits per heavy atom. The Hall–Kier alpha value is -2.89. The number of carbonyl (C=O) groups is 1. The van der Waals surface area contributed by atoms with Gasteiger partial charge in [0, 0.05) is 37.9 Å². The van der Waals surface area contributed by atoms with Crippen molar-refractivity contribution in [2.75, 3.05) is 29.4 Å². The summed E-state index contributed by atoms with van der Waals surface area (Å²) in [5.74, 6) is 1.71. The molecule has 36 heavy (non-hydrogen) atoms. The summed E-state index contributed by atoms with van der Waals surface area (Å²) < 4.78 is 0. The van der Waals surface area contributed by atoms with Crippen LogP contribution < -0.4 is 15.1 Å². The number of nitrogens with zero attached hydrogens (tertiary/aromatic N) is 5. The van der Waals surface area contributed by atoms with Crippen LogP contribution in [0, 0.1) is 29.1 Å². The first-order valence-corrected chi connectivity index (χ1v) is 13.3. The summed E-state index contributed by atoms with van der Waals surface area (Å²) in [5, 5.41) is 23.8. The lowest BCUT2D eigenvalue weighted by Gasteiger charge is -2.58. The van der Waals surface area contributed by atoms with Gasteiger partial charge in [0.2, 0.25) is 5.95 Å². The molecule has 8 nitrogen and oxygen atoms in total. The minimum Gasteiger partial charge on any atom is -0.390 e. The molecule has 1 aliphatic heterocycles. The number of nitriles is 1. The number of benzene rings is 1. The van der Waals surface area contributed by atoms with Crippen molar-refractivity contribution in [3.8, 4) is 6.07 Å². The van der Waals surface area contributed by atoms with E-state index in [-0.39, 0.29) is 18.0 Å². The van der Waals surface area contributed by atoms with E-state index in [1.54, 1.807) is 24.4 Å². The standard InChI is InChI=1S/C27H31ClN6O2/c1-16-15-33(23-3-2-17(14-29)10-21(23)28)6-7-34(16)26-30-5-4-22(31-26)25(35)32-24-19-8-18-9-20(24)13-27(36,11-18)12-19/h2-5,10,16,18-20,24,36H,6-9,11-13,15H2,1H3,(H,32,35)/t16-,18?,19?,20?,24-,27-/m1/s1. The quantitative estimate of drug-likeness (QED) is 0.654. The van der Waals surface area contributed by atoms with Crippen LogP contribution in [0.5, 0.6) is 0 Å². The maximum atomic E-state index is 13.2. The summed E-state index contributed by atoms with van der Waals surface area (Å²) in [6.45, 7) is 4.25. The van der Waals surface area contributed by atoms with Crippen LogP contribution in [0.25, 0.3) is 0 Å². The van der Waals surface area contributed by atoms with E-state index in [1.807, 2.05) is 6.07 Å². The van der Waals surface area contributed by atoms with Crippen molar-refractivity contribution in [2.45, 2.75) is 56.7 Å². The van der Waals surface area contributed by atoms with Gasteiger partial charge in [-0.25, -0.2) is 9.97 Å². The number of amides is 1. The molecule has 4 bridgehead atoms. The largest absolute Gasteiger partial charge is 0.390 e. The zero-order valence-corrected chi connectivity index (χ0v) is 21.2. The molecule has 4 saturated carbocycles. The van der Waals surface area contributed by atoms with Crippen LogP contribution in [0.15, 0.2) is 30.5 Å². The monoisotopic (exact) mass is 506 g/mol. The van der Waals surface area contributed by atoms with Crippen molar-refractivity contribution >= 4 is 29.1 Å². The van der Waals surface area contributed by atoms with Crippen molar-refractivity contribution < 1.29 is 9.90 Å². The van der Waals surface area contributed by atoms with Gasteiger partial charge in [-0.05, 0) is 81.0 Å². The summed E-state index contributed by atoms with van der Waals surface area (Å²) in [5.41, 5.74) is 1.33. The zero-order chi connectivity index (χ0) is 25.0. The lowest BCUT2D eigenvalue weighted by molar-refractivity contribution is -0.136. The topological polar surface area (TPSA) is 105 Å². The zero-order valence-electron chi connectivity index (χ0n) is 20.4. The molecule has 2 heterocycles. The van der Waals surface area contributed by atoms with Crippen LogP contribution >= 0.6 is 11.6 Å². The van der Waals surface area contributed by atoms with Gasteiger partial charge < -0.3 is 20.2 Å². The van der Waals surface area contributed by atoms with Gasteiger partial charge in [0.05, 0.1) is 27.9 Å². The van der Waals surface area contributed by atoms with Crippen LogP contribution in [-0.2, 0) is 0 Å². The second-order valence-electron chi connectivity index (χ2n) is 11.2. The number of halogens is 1. The highest BCUT2D eigenvalue weighted by Crippen LogP contribution is 2.55. The Bertz CT molecular complexity index is 1210. The Balaban J connectivity index is 1.13. The van der Waals surface area contributed by atoms with E-state index in [4.69, 9.17) is 16.9 Å². The van der Waals surface area contributed by atoms with Crippen LogP contribution in [-0.4, -0.2) is 58.3 Å². The predicted octanol–water partition coefficient (Wildman–Crippen LogP) is 3.39. The SMILES string of the molecule is C[C@@H]1CN(c2ccc(C#N)cc2Cl)CCN1c1nccc(C(=O)N[C@H]2C3CC4CC2C[C@](O)(C4)C3)n1. The third kappa shape index (κ3) is 4.18. The number of hydrogen-bond acceptors (Lipinski definition) is 7. The van der Waals surface area contributed by atoms with Crippen molar-refractivity contribution in [1.82, 2.24) is 15.3 Å². The third-order valence-corrected chi connectivity index (χ3v) is 9.02. The molecule has 5 fully saturated rings. The van der Waals surface area contributed by atoms with Crippen LogP contribution in [0.3, 0.4) is 0 Å². The first kappa shape index (κ1) is 23.5. The molecule has 7 rings (SSSR count). The van der Waals surface area contributed by atoms with Crippen LogP contribution in [0.2, 0.25) is 5.02 Å². The van der Waals surface area contributed by atoms with Gasteiger partial charge in [-0.15, -0.1) is 0 Å². The number of rotatable bonds is 4. The van der Waals surface area contributed by atoms with E-state index in [0.29, 0.717) is 46.5 Å².